The molecule has 3 aromatic rings. The van der Waals surface area contributed by atoms with Gasteiger partial charge in [-0.05, 0) is 54.3 Å². The molecule has 0 saturated heterocycles. The lowest BCUT2D eigenvalue weighted by molar-refractivity contribution is -0.245. The number of aliphatic hydroxyl groups excluding tert-OH is 1. The van der Waals surface area contributed by atoms with Gasteiger partial charge in [-0.2, -0.15) is 13.2 Å². The van der Waals surface area contributed by atoms with Gasteiger partial charge in [0.15, 0.2) is 0 Å². The summed E-state index contributed by atoms with van der Waals surface area (Å²) in [7, 11) is 0. The standard InChI is InChI=1S/C24H26F4N4O2/c1-3-23(34,24(26,27)28)22(29)13-32(30)12-15-4-9-18-19(16-5-7-17(25)8-6-16)11-20(14(2)33)31-21(18)10-15/h4-11,13-14,33-34H,3,12,29-30H2,1-2H3/b22-13-. The van der Waals surface area contributed by atoms with Gasteiger partial charge >= 0.3 is 6.18 Å². The molecule has 0 aliphatic rings. The van der Waals surface area contributed by atoms with Crippen LogP contribution in [0.2, 0.25) is 0 Å². The molecule has 6 nitrogen and oxygen atoms in total. The van der Waals surface area contributed by atoms with Gasteiger partial charge in [0.25, 0.3) is 0 Å². The molecule has 2 atom stereocenters. The molecule has 0 bridgehead atoms. The van der Waals surface area contributed by atoms with Crippen LogP contribution in [0.5, 0.6) is 0 Å². The van der Waals surface area contributed by atoms with Crippen LogP contribution in [-0.4, -0.2) is 32.0 Å². The highest BCUT2D eigenvalue weighted by Crippen LogP contribution is 2.37. The molecule has 1 heterocycles. The Morgan fingerprint density at radius 3 is 2.35 bits per heavy atom. The van der Waals surface area contributed by atoms with Crippen LogP contribution in [0.15, 0.2) is 60.4 Å². The van der Waals surface area contributed by atoms with Gasteiger partial charge in [-0.1, -0.05) is 31.2 Å². The van der Waals surface area contributed by atoms with Crippen LogP contribution in [0.25, 0.3) is 22.0 Å². The fourth-order valence-corrected chi connectivity index (χ4v) is 3.59. The largest absolute Gasteiger partial charge is 0.422 e. The Morgan fingerprint density at radius 2 is 1.79 bits per heavy atom. The Bertz CT molecular complexity index is 1200. The second-order valence-corrected chi connectivity index (χ2v) is 8.10. The van der Waals surface area contributed by atoms with E-state index in [0.717, 1.165) is 27.7 Å². The molecule has 6 N–H and O–H groups in total. The molecule has 0 spiro atoms. The number of aromatic nitrogens is 1. The maximum atomic E-state index is 13.4. The lowest BCUT2D eigenvalue weighted by Gasteiger charge is -2.30. The number of hydrogen-bond donors (Lipinski definition) is 4. The first kappa shape index (κ1) is 25.4. The number of pyridine rings is 1. The Balaban J connectivity index is 1.98. The molecule has 3 rings (SSSR count). The van der Waals surface area contributed by atoms with E-state index in [9.17, 15) is 27.8 Å². The summed E-state index contributed by atoms with van der Waals surface area (Å²) in [6.07, 6.45) is -5.63. The van der Waals surface area contributed by atoms with Gasteiger partial charge in [0.05, 0.1) is 29.6 Å². The highest BCUT2D eigenvalue weighted by Gasteiger charge is 2.54. The topological polar surface area (TPSA) is 109 Å². The monoisotopic (exact) mass is 478 g/mol. The summed E-state index contributed by atoms with van der Waals surface area (Å²) in [5.41, 5.74) is 4.52. The minimum absolute atomic E-state index is 0.0270. The Morgan fingerprint density at radius 1 is 1.15 bits per heavy atom. The number of nitrogens with two attached hydrogens (primary N) is 2. The molecule has 2 aromatic carbocycles. The average molecular weight is 478 g/mol. The molecule has 0 amide bonds. The predicted octanol–water partition coefficient (Wildman–Crippen LogP) is 4.27. The van der Waals surface area contributed by atoms with Crippen molar-refractivity contribution in [2.75, 3.05) is 0 Å². The summed E-state index contributed by atoms with van der Waals surface area (Å²) < 4.78 is 53.1. The normalized spacial score (nSPS) is 15.3. The molecule has 182 valence electrons. The number of hydrazine groups is 1. The highest BCUT2D eigenvalue weighted by atomic mass is 19.4. The first-order chi connectivity index (χ1) is 15.9. The third kappa shape index (κ3) is 5.14. The van der Waals surface area contributed by atoms with Crippen molar-refractivity contribution >= 4 is 10.9 Å². The van der Waals surface area contributed by atoms with Crippen LogP contribution in [0.1, 0.15) is 37.6 Å². The number of fused-ring (bicyclic) bond motifs is 1. The average Bonchev–Trinajstić information content (AvgIpc) is 2.77. The Labute approximate surface area is 194 Å². The van der Waals surface area contributed by atoms with Gasteiger partial charge in [-0.15, -0.1) is 0 Å². The van der Waals surface area contributed by atoms with E-state index in [-0.39, 0.29) is 12.4 Å². The summed E-state index contributed by atoms with van der Waals surface area (Å²) >= 11 is 0. The zero-order valence-electron chi connectivity index (χ0n) is 18.6. The first-order valence-electron chi connectivity index (χ1n) is 10.5. The van der Waals surface area contributed by atoms with E-state index < -0.39 is 30.0 Å². The van der Waals surface area contributed by atoms with Gasteiger partial charge in [-0.3, -0.25) is 4.98 Å². The highest BCUT2D eigenvalue weighted by molar-refractivity contribution is 5.95. The van der Waals surface area contributed by atoms with Crippen molar-refractivity contribution in [1.29, 1.82) is 0 Å². The number of benzene rings is 2. The number of alkyl halides is 3. The van der Waals surface area contributed by atoms with Gasteiger partial charge in [0.2, 0.25) is 5.60 Å². The van der Waals surface area contributed by atoms with Gasteiger partial charge < -0.3 is 21.0 Å². The molecule has 0 saturated carbocycles. The lowest BCUT2D eigenvalue weighted by atomic mass is 9.96. The second kappa shape index (κ2) is 9.57. The number of nitrogens with zero attached hydrogens (tertiary/aromatic N) is 2. The first-order valence-corrected chi connectivity index (χ1v) is 10.5. The molecule has 0 aliphatic carbocycles. The summed E-state index contributed by atoms with van der Waals surface area (Å²) in [6, 6.07) is 12.8. The van der Waals surface area contributed by atoms with Crippen LogP contribution in [0, 0.1) is 5.82 Å². The molecule has 0 fully saturated rings. The van der Waals surface area contributed by atoms with E-state index in [1.54, 1.807) is 43.3 Å². The fraction of sp³-hybridized carbons (Fsp3) is 0.292. The minimum atomic E-state index is -4.95. The van der Waals surface area contributed by atoms with Crippen LogP contribution < -0.4 is 11.6 Å². The maximum Gasteiger partial charge on any atom is 0.422 e. The smallest absolute Gasteiger partial charge is 0.398 e. The van der Waals surface area contributed by atoms with Crippen LogP contribution in [0.3, 0.4) is 0 Å². The number of halogens is 4. The maximum absolute atomic E-state index is 13.4. The summed E-state index contributed by atoms with van der Waals surface area (Å²) in [5, 5.41) is 21.7. The Kier molecular flexibility index (Phi) is 7.15. The molecule has 0 aliphatic heterocycles. The van der Waals surface area contributed by atoms with Crippen molar-refractivity contribution in [3.63, 3.8) is 0 Å². The van der Waals surface area contributed by atoms with Crippen LogP contribution in [-0.2, 0) is 6.54 Å². The van der Waals surface area contributed by atoms with Crippen LogP contribution in [0.4, 0.5) is 17.6 Å². The molecule has 1 aromatic heterocycles. The van der Waals surface area contributed by atoms with E-state index in [4.69, 9.17) is 11.6 Å². The van der Waals surface area contributed by atoms with Crippen LogP contribution >= 0.6 is 0 Å². The molecule has 34 heavy (non-hydrogen) atoms. The third-order valence-electron chi connectivity index (χ3n) is 5.61. The summed E-state index contributed by atoms with van der Waals surface area (Å²) in [5.74, 6) is 5.48. The number of rotatable bonds is 7. The third-order valence-corrected chi connectivity index (χ3v) is 5.61. The summed E-state index contributed by atoms with van der Waals surface area (Å²) in [4.78, 5) is 4.48. The van der Waals surface area contributed by atoms with E-state index in [1.807, 2.05) is 0 Å². The van der Waals surface area contributed by atoms with E-state index >= 15 is 0 Å². The summed E-state index contributed by atoms with van der Waals surface area (Å²) in [6.45, 7) is 2.71. The second-order valence-electron chi connectivity index (χ2n) is 8.10. The van der Waals surface area contributed by atoms with Gasteiger partial charge in [0, 0.05) is 11.6 Å². The van der Waals surface area contributed by atoms with Crippen molar-refractivity contribution < 1.29 is 27.8 Å². The fourth-order valence-electron chi connectivity index (χ4n) is 3.59. The van der Waals surface area contributed by atoms with E-state index in [0.29, 0.717) is 16.8 Å². The van der Waals surface area contributed by atoms with Crippen molar-refractivity contribution in [1.82, 2.24) is 9.99 Å². The predicted molar refractivity (Wildman–Crippen MR) is 121 cm³/mol. The molecule has 2 unspecified atom stereocenters. The zero-order valence-corrected chi connectivity index (χ0v) is 18.6. The quantitative estimate of drug-likeness (QED) is 0.229. The van der Waals surface area contributed by atoms with Crippen molar-refractivity contribution in [2.45, 2.75) is 44.7 Å². The van der Waals surface area contributed by atoms with Gasteiger partial charge in [-0.25, -0.2) is 10.2 Å². The molecular formula is C24H26F4N4O2. The number of aliphatic hydroxyl groups is 2. The van der Waals surface area contributed by atoms with Crippen molar-refractivity contribution in [2.24, 2.45) is 11.6 Å². The lowest BCUT2D eigenvalue weighted by Crippen LogP contribution is -2.49. The van der Waals surface area contributed by atoms with E-state index in [2.05, 4.69) is 4.98 Å². The van der Waals surface area contributed by atoms with Crippen molar-refractivity contribution in [3.8, 4) is 11.1 Å². The number of hydrogen-bond acceptors (Lipinski definition) is 6. The minimum Gasteiger partial charge on any atom is -0.398 e. The molecule has 10 heteroatoms. The molecule has 0 radical (unpaired) electrons. The molecular weight excluding hydrogens is 452 g/mol. The van der Waals surface area contributed by atoms with Crippen molar-refractivity contribution in [3.05, 3.63) is 77.5 Å². The zero-order chi connectivity index (χ0) is 25.3. The Hall–Kier alpha value is -3.21. The van der Waals surface area contributed by atoms with E-state index in [1.165, 1.54) is 19.1 Å². The SMILES string of the molecule is CCC(O)(/C(N)=C/N(N)Cc1ccc2c(-c3ccc(F)cc3)cc(C(C)O)nc2c1)C(F)(F)F. The van der Waals surface area contributed by atoms with Gasteiger partial charge in [0.1, 0.15) is 5.82 Å².